The summed E-state index contributed by atoms with van der Waals surface area (Å²) < 4.78 is 0. The Morgan fingerprint density at radius 3 is 2.83 bits per heavy atom. The van der Waals surface area contributed by atoms with E-state index >= 15 is 0 Å². The summed E-state index contributed by atoms with van der Waals surface area (Å²) in [7, 11) is 0. The van der Waals surface area contributed by atoms with Gasteiger partial charge in [0.05, 0.1) is 11.5 Å². The van der Waals surface area contributed by atoms with E-state index in [1.54, 1.807) is 0 Å². The molecule has 3 fully saturated rings. The number of nitrogens with zero attached hydrogens (tertiary/aromatic N) is 1. The topological polar surface area (TPSA) is 40.9 Å². The summed E-state index contributed by atoms with van der Waals surface area (Å²) in [6.07, 6.45) is 13.6. The molecule has 4 aliphatic rings. The van der Waals surface area contributed by atoms with Crippen LogP contribution in [0.1, 0.15) is 64.7 Å². The highest BCUT2D eigenvalue weighted by Crippen LogP contribution is 2.68. The van der Waals surface area contributed by atoms with E-state index in [4.69, 9.17) is 0 Å². The summed E-state index contributed by atoms with van der Waals surface area (Å²) in [5.74, 6) is 3.21. The molecule has 0 aromatic rings. The predicted octanol–water partition coefficient (Wildman–Crippen LogP) is 5.21. The van der Waals surface area contributed by atoms with Crippen molar-refractivity contribution in [3.05, 3.63) is 24.3 Å². The number of nitriles is 1. The minimum atomic E-state index is -0.191. The van der Waals surface area contributed by atoms with Gasteiger partial charge < -0.3 is 0 Å². The maximum Gasteiger partial charge on any atom is 0.155 e. The van der Waals surface area contributed by atoms with Crippen molar-refractivity contribution < 1.29 is 4.79 Å². The van der Waals surface area contributed by atoms with Crippen LogP contribution in [0.5, 0.6) is 0 Å². The Morgan fingerprint density at radius 2 is 2.08 bits per heavy atom. The average molecular weight is 323 g/mol. The maximum atomic E-state index is 11.8. The van der Waals surface area contributed by atoms with Crippen molar-refractivity contribution in [2.75, 3.05) is 0 Å². The van der Waals surface area contributed by atoms with Crippen LogP contribution >= 0.6 is 0 Å². The molecule has 0 heterocycles. The molecular weight excluding hydrogens is 294 g/mol. The van der Waals surface area contributed by atoms with Crippen LogP contribution in [-0.2, 0) is 4.79 Å². The van der Waals surface area contributed by atoms with Gasteiger partial charge in [-0.3, -0.25) is 4.79 Å². The molecule has 0 aromatic heterocycles. The molecule has 0 aromatic carbocycles. The number of carbonyl (C=O) groups excluding carboxylic acids is 1. The minimum Gasteiger partial charge on any atom is -0.295 e. The summed E-state index contributed by atoms with van der Waals surface area (Å²) >= 11 is 0. The van der Waals surface area contributed by atoms with Crippen molar-refractivity contribution in [1.29, 1.82) is 5.26 Å². The van der Waals surface area contributed by atoms with E-state index in [1.165, 1.54) is 31.3 Å². The third-order valence-electron chi connectivity index (χ3n) is 8.37. The SMILES string of the molecule is C=CC[C@]1(C#N)CC[C@H]2[C@@H]3CCC4=CC(=O)CC[C@@H]4[C@H]3CC[C@@]21C. The zero-order chi connectivity index (χ0) is 16.9. The van der Waals surface area contributed by atoms with Gasteiger partial charge in [-0.2, -0.15) is 5.26 Å². The van der Waals surface area contributed by atoms with Crippen LogP contribution in [-0.4, -0.2) is 5.78 Å². The third-order valence-corrected chi connectivity index (χ3v) is 8.37. The van der Waals surface area contributed by atoms with Crippen molar-refractivity contribution in [3.8, 4) is 6.07 Å². The minimum absolute atomic E-state index is 0.156. The zero-order valence-electron chi connectivity index (χ0n) is 14.9. The highest BCUT2D eigenvalue weighted by Gasteiger charge is 2.62. The Kier molecular flexibility index (Phi) is 3.75. The van der Waals surface area contributed by atoms with Crippen molar-refractivity contribution in [2.45, 2.75) is 64.7 Å². The number of fused-ring (bicyclic) bond motifs is 5. The van der Waals surface area contributed by atoms with Crippen molar-refractivity contribution in [1.82, 2.24) is 0 Å². The summed E-state index contributed by atoms with van der Waals surface area (Å²) in [5, 5.41) is 10.0. The van der Waals surface area contributed by atoms with Gasteiger partial charge in [0.25, 0.3) is 0 Å². The molecule has 0 amide bonds. The monoisotopic (exact) mass is 323 g/mol. The van der Waals surface area contributed by atoms with E-state index < -0.39 is 0 Å². The first-order chi connectivity index (χ1) is 11.5. The van der Waals surface area contributed by atoms with Crippen LogP contribution in [0, 0.1) is 45.8 Å². The number of allylic oxidation sites excluding steroid dienone is 2. The summed E-state index contributed by atoms with van der Waals surface area (Å²) in [6.45, 7) is 6.34. The number of rotatable bonds is 2. The van der Waals surface area contributed by atoms with Gasteiger partial charge in [-0.05, 0) is 86.5 Å². The van der Waals surface area contributed by atoms with E-state index in [-0.39, 0.29) is 10.8 Å². The second kappa shape index (κ2) is 5.58. The summed E-state index contributed by atoms with van der Waals surface area (Å²) in [6, 6.07) is 2.75. The number of hydrogen-bond donors (Lipinski definition) is 0. The van der Waals surface area contributed by atoms with Gasteiger partial charge in [-0.15, -0.1) is 6.58 Å². The lowest BCUT2D eigenvalue weighted by Gasteiger charge is -2.55. The fraction of sp³-hybridized carbons (Fsp3) is 0.727. The number of ketones is 1. The van der Waals surface area contributed by atoms with Crippen molar-refractivity contribution in [2.24, 2.45) is 34.5 Å². The molecule has 2 heteroatoms. The first-order valence-electron chi connectivity index (χ1n) is 9.80. The highest BCUT2D eigenvalue weighted by molar-refractivity contribution is 5.91. The van der Waals surface area contributed by atoms with Crippen molar-refractivity contribution in [3.63, 3.8) is 0 Å². The Hall–Kier alpha value is -1.36. The maximum absolute atomic E-state index is 11.8. The molecule has 0 aliphatic heterocycles. The zero-order valence-corrected chi connectivity index (χ0v) is 14.9. The number of hydrogen-bond acceptors (Lipinski definition) is 2. The lowest BCUT2D eigenvalue weighted by Crippen LogP contribution is -2.49. The van der Waals surface area contributed by atoms with Gasteiger partial charge in [0.1, 0.15) is 0 Å². The largest absolute Gasteiger partial charge is 0.295 e. The molecule has 0 bridgehead atoms. The first kappa shape index (κ1) is 16.1. The average Bonchev–Trinajstić information content (AvgIpc) is 2.88. The normalized spacial score (nSPS) is 47.0. The molecule has 0 radical (unpaired) electrons. The standard InChI is InChI=1S/C22H29NO/c1-3-10-22(14-23)12-9-20-19-6-4-15-13-16(24)5-7-17(15)18(19)8-11-21(20,22)2/h3,13,17-20H,1,4-12H2,2H3/t17-,18+,19+,20-,21-,22+/m0/s1. The lowest BCUT2D eigenvalue weighted by atomic mass is 9.48. The smallest absolute Gasteiger partial charge is 0.155 e. The van der Waals surface area contributed by atoms with E-state index in [0.717, 1.165) is 43.9 Å². The van der Waals surface area contributed by atoms with Gasteiger partial charge in [0.15, 0.2) is 5.78 Å². The summed E-state index contributed by atoms with van der Waals surface area (Å²) in [4.78, 5) is 11.8. The van der Waals surface area contributed by atoms with Crippen LogP contribution in [0.4, 0.5) is 0 Å². The molecule has 128 valence electrons. The summed E-state index contributed by atoms with van der Waals surface area (Å²) in [5.41, 5.74) is 1.41. The van der Waals surface area contributed by atoms with Gasteiger partial charge in [-0.1, -0.05) is 18.6 Å². The second-order valence-electron chi connectivity index (χ2n) is 8.99. The Morgan fingerprint density at radius 1 is 1.25 bits per heavy atom. The first-order valence-corrected chi connectivity index (χ1v) is 9.80. The van der Waals surface area contributed by atoms with Crippen molar-refractivity contribution >= 4 is 5.78 Å². The Balaban J connectivity index is 1.65. The van der Waals surface area contributed by atoms with Gasteiger partial charge in [-0.25, -0.2) is 0 Å². The Labute approximate surface area is 146 Å². The van der Waals surface area contributed by atoms with E-state index in [1.807, 2.05) is 12.2 Å². The van der Waals surface area contributed by atoms with E-state index in [2.05, 4.69) is 19.6 Å². The van der Waals surface area contributed by atoms with Crippen LogP contribution in [0.15, 0.2) is 24.3 Å². The van der Waals surface area contributed by atoms with Gasteiger partial charge in [0.2, 0.25) is 0 Å². The van der Waals surface area contributed by atoms with Crippen LogP contribution in [0.3, 0.4) is 0 Å². The molecule has 3 saturated carbocycles. The highest BCUT2D eigenvalue weighted by atomic mass is 16.1. The molecule has 0 spiro atoms. The van der Waals surface area contributed by atoms with E-state index in [0.29, 0.717) is 17.6 Å². The fourth-order valence-corrected chi connectivity index (χ4v) is 7.13. The second-order valence-corrected chi connectivity index (χ2v) is 8.99. The van der Waals surface area contributed by atoms with E-state index in [9.17, 15) is 10.1 Å². The quantitative estimate of drug-likeness (QED) is 0.654. The molecule has 2 nitrogen and oxygen atoms in total. The molecule has 4 aliphatic carbocycles. The Bertz CT molecular complexity index is 641. The van der Waals surface area contributed by atoms with Crippen LogP contribution in [0.2, 0.25) is 0 Å². The molecule has 6 atom stereocenters. The predicted molar refractivity (Wildman–Crippen MR) is 95.0 cm³/mol. The van der Waals surface area contributed by atoms with Gasteiger partial charge in [0, 0.05) is 6.42 Å². The fourth-order valence-electron chi connectivity index (χ4n) is 7.13. The number of carbonyl (C=O) groups is 1. The van der Waals surface area contributed by atoms with Crippen LogP contribution < -0.4 is 0 Å². The molecule has 0 saturated heterocycles. The molecule has 4 rings (SSSR count). The van der Waals surface area contributed by atoms with Crippen LogP contribution in [0.25, 0.3) is 0 Å². The molecule has 24 heavy (non-hydrogen) atoms. The lowest BCUT2D eigenvalue weighted by molar-refractivity contribution is -0.116. The molecule has 0 N–H and O–H groups in total. The van der Waals surface area contributed by atoms with Gasteiger partial charge >= 0.3 is 0 Å². The molecular formula is C22H29NO. The molecule has 0 unspecified atom stereocenters. The third kappa shape index (κ3) is 2.03.